The maximum Gasteiger partial charge on any atom is 0.338 e. The smallest absolute Gasteiger partial charge is 0.338 e. The molecule has 1 fully saturated rings. The molecule has 2 aromatic carbocycles. The molecule has 0 saturated carbocycles. The van der Waals surface area contributed by atoms with Crippen molar-refractivity contribution in [3.8, 4) is 0 Å². The molecule has 1 amide bonds. The first kappa shape index (κ1) is 20.0. The van der Waals surface area contributed by atoms with Crippen LogP contribution in [0.3, 0.4) is 0 Å². The third-order valence-corrected chi connectivity index (χ3v) is 4.81. The number of ketones is 1. The highest BCUT2D eigenvalue weighted by Gasteiger charge is 2.24. The highest BCUT2D eigenvalue weighted by molar-refractivity contribution is 6.34. The summed E-state index contributed by atoms with van der Waals surface area (Å²) in [5, 5.41) is 0.400. The first-order valence-corrected chi connectivity index (χ1v) is 9.39. The van der Waals surface area contributed by atoms with Crippen molar-refractivity contribution in [3.05, 3.63) is 64.4 Å². The van der Waals surface area contributed by atoms with Crippen molar-refractivity contribution in [2.75, 3.05) is 18.1 Å². The average molecular weight is 404 g/mol. The van der Waals surface area contributed by atoms with Gasteiger partial charge in [0.05, 0.1) is 22.9 Å². The lowest BCUT2D eigenvalue weighted by Gasteiger charge is -2.18. The topological polar surface area (TPSA) is 63.7 Å². The van der Waals surface area contributed by atoms with E-state index < -0.39 is 11.8 Å². The number of anilines is 1. The minimum atomic E-state index is -0.543. The van der Waals surface area contributed by atoms with Gasteiger partial charge in [0.25, 0.3) is 0 Å². The molecule has 0 spiro atoms. The van der Waals surface area contributed by atoms with E-state index in [4.69, 9.17) is 16.3 Å². The molecule has 1 aliphatic rings. The van der Waals surface area contributed by atoms with Crippen LogP contribution in [-0.2, 0) is 9.53 Å². The molecule has 0 atom stereocenters. The molecule has 0 bridgehead atoms. The number of carbonyl (C=O) groups excluding carboxylic acids is 3. The number of amides is 1. The summed E-state index contributed by atoms with van der Waals surface area (Å²) in [7, 11) is 0. The first-order valence-electron chi connectivity index (χ1n) is 9.01. The van der Waals surface area contributed by atoms with Crippen molar-refractivity contribution in [2.24, 2.45) is 0 Å². The number of esters is 1. The van der Waals surface area contributed by atoms with Gasteiger partial charge < -0.3 is 9.64 Å². The third-order valence-electron chi connectivity index (χ3n) is 4.49. The van der Waals surface area contributed by atoms with Crippen molar-refractivity contribution < 1.29 is 23.5 Å². The number of halogens is 2. The van der Waals surface area contributed by atoms with Crippen molar-refractivity contribution in [3.63, 3.8) is 0 Å². The van der Waals surface area contributed by atoms with Gasteiger partial charge >= 0.3 is 5.97 Å². The highest BCUT2D eigenvalue weighted by atomic mass is 35.5. The summed E-state index contributed by atoms with van der Waals surface area (Å²) in [6, 6.07) is 9.98. The number of carbonyl (C=O) groups is 3. The van der Waals surface area contributed by atoms with Crippen LogP contribution in [0.15, 0.2) is 42.5 Å². The predicted octanol–water partition coefficient (Wildman–Crippen LogP) is 4.43. The monoisotopic (exact) mass is 403 g/mol. The maximum absolute atomic E-state index is 12.9. The lowest BCUT2D eigenvalue weighted by atomic mass is 10.1. The molecule has 2 aromatic rings. The fraction of sp³-hybridized carbons (Fsp3) is 0.286. The minimum Gasteiger partial charge on any atom is -0.462 e. The molecule has 1 aliphatic heterocycles. The maximum atomic E-state index is 12.9. The fourth-order valence-electron chi connectivity index (χ4n) is 3.01. The number of rotatable bonds is 7. The van der Waals surface area contributed by atoms with Crippen LogP contribution in [-0.4, -0.2) is 30.8 Å². The molecule has 0 unspecified atom stereocenters. The molecule has 0 aromatic heterocycles. The van der Waals surface area contributed by atoms with E-state index in [0.29, 0.717) is 41.2 Å². The molecule has 3 rings (SSSR count). The Labute approximate surface area is 167 Å². The first-order chi connectivity index (χ1) is 13.5. The van der Waals surface area contributed by atoms with Gasteiger partial charge in [0.1, 0.15) is 5.82 Å². The quantitative estimate of drug-likeness (QED) is 0.390. The lowest BCUT2D eigenvalue weighted by Crippen LogP contribution is -2.24. The summed E-state index contributed by atoms with van der Waals surface area (Å²) < 4.78 is 18.1. The van der Waals surface area contributed by atoms with Crippen molar-refractivity contribution in [2.45, 2.75) is 25.7 Å². The van der Waals surface area contributed by atoms with Gasteiger partial charge in [-0.2, -0.15) is 0 Å². The SMILES string of the molecule is O=C(CCCOC(=O)c1ccc(Cl)c(N2CCCC2=O)c1)c1ccc(F)cc1. The van der Waals surface area contributed by atoms with Gasteiger partial charge in [0.2, 0.25) is 5.91 Å². The highest BCUT2D eigenvalue weighted by Crippen LogP contribution is 2.30. The summed E-state index contributed by atoms with van der Waals surface area (Å²) in [5.41, 5.74) is 1.22. The van der Waals surface area contributed by atoms with Gasteiger partial charge in [-0.25, -0.2) is 9.18 Å². The number of hydrogen-bond donors (Lipinski definition) is 0. The van der Waals surface area contributed by atoms with Gasteiger partial charge in [-0.05, 0) is 55.3 Å². The Bertz CT molecular complexity index is 898. The lowest BCUT2D eigenvalue weighted by molar-refractivity contribution is -0.117. The van der Waals surface area contributed by atoms with Crippen LogP contribution >= 0.6 is 11.6 Å². The molecule has 0 N–H and O–H groups in total. The molecular weight excluding hydrogens is 385 g/mol. The van der Waals surface area contributed by atoms with E-state index in [1.54, 1.807) is 23.1 Å². The Hall–Kier alpha value is -2.73. The Morgan fingerprint density at radius 2 is 1.82 bits per heavy atom. The zero-order chi connectivity index (χ0) is 20.1. The second kappa shape index (κ2) is 8.97. The van der Waals surface area contributed by atoms with Crippen LogP contribution in [0.5, 0.6) is 0 Å². The molecule has 5 nitrogen and oxygen atoms in total. The number of nitrogens with zero attached hydrogens (tertiary/aromatic N) is 1. The second-order valence-corrected chi connectivity index (χ2v) is 6.89. The molecule has 1 heterocycles. The Morgan fingerprint density at radius 3 is 2.50 bits per heavy atom. The summed E-state index contributed by atoms with van der Waals surface area (Å²) >= 11 is 6.17. The summed E-state index contributed by atoms with van der Waals surface area (Å²) in [5.74, 6) is -1.11. The minimum absolute atomic E-state index is 0.0216. The van der Waals surface area contributed by atoms with Gasteiger partial charge in [-0.1, -0.05) is 11.6 Å². The van der Waals surface area contributed by atoms with Crippen LogP contribution in [0, 0.1) is 5.82 Å². The molecule has 146 valence electrons. The van der Waals surface area contributed by atoms with E-state index >= 15 is 0 Å². The summed E-state index contributed by atoms with van der Waals surface area (Å²) in [6.07, 6.45) is 1.76. The second-order valence-electron chi connectivity index (χ2n) is 6.48. The number of benzene rings is 2. The van der Waals surface area contributed by atoms with E-state index in [-0.39, 0.29) is 24.7 Å². The standard InChI is InChI=1S/C21H19ClFNO4/c22-17-10-7-15(13-18(17)24-11-1-4-20(24)26)21(27)28-12-2-3-19(25)14-5-8-16(23)9-6-14/h5-10,13H,1-4,11-12H2. The van der Waals surface area contributed by atoms with Crippen LogP contribution in [0.25, 0.3) is 0 Å². The Balaban J connectivity index is 1.53. The van der Waals surface area contributed by atoms with Crippen LogP contribution in [0.1, 0.15) is 46.4 Å². The molecular formula is C21H19ClFNO4. The summed E-state index contributed by atoms with van der Waals surface area (Å²) in [4.78, 5) is 37.8. The van der Waals surface area contributed by atoms with E-state index in [0.717, 1.165) is 6.42 Å². The van der Waals surface area contributed by atoms with E-state index in [1.807, 2.05) is 0 Å². The number of Topliss-reactive ketones (excluding diaryl/α,β-unsaturated/α-hetero) is 1. The number of ether oxygens (including phenoxy) is 1. The zero-order valence-electron chi connectivity index (χ0n) is 15.1. The van der Waals surface area contributed by atoms with Gasteiger partial charge in [-0.3, -0.25) is 9.59 Å². The van der Waals surface area contributed by atoms with Crippen molar-refractivity contribution in [1.82, 2.24) is 0 Å². The Morgan fingerprint density at radius 1 is 1.11 bits per heavy atom. The van der Waals surface area contributed by atoms with E-state index in [1.165, 1.54) is 24.3 Å². The molecule has 1 saturated heterocycles. The molecule has 0 radical (unpaired) electrons. The summed E-state index contributed by atoms with van der Waals surface area (Å²) in [6.45, 7) is 0.648. The van der Waals surface area contributed by atoms with Crippen LogP contribution in [0.2, 0.25) is 5.02 Å². The fourth-order valence-corrected chi connectivity index (χ4v) is 3.23. The zero-order valence-corrected chi connectivity index (χ0v) is 15.9. The third kappa shape index (κ3) is 4.75. The van der Waals surface area contributed by atoms with Crippen LogP contribution < -0.4 is 4.90 Å². The average Bonchev–Trinajstić information content (AvgIpc) is 3.11. The van der Waals surface area contributed by atoms with Gasteiger partial charge in [0, 0.05) is 24.9 Å². The van der Waals surface area contributed by atoms with Crippen molar-refractivity contribution >= 4 is 34.9 Å². The number of hydrogen-bond acceptors (Lipinski definition) is 4. The Kier molecular flexibility index (Phi) is 6.41. The molecule has 28 heavy (non-hydrogen) atoms. The molecule has 7 heteroatoms. The van der Waals surface area contributed by atoms with Crippen LogP contribution in [0.4, 0.5) is 10.1 Å². The normalized spacial score (nSPS) is 13.6. The largest absolute Gasteiger partial charge is 0.462 e. The predicted molar refractivity (Wildman–Crippen MR) is 103 cm³/mol. The van der Waals surface area contributed by atoms with Crippen molar-refractivity contribution in [1.29, 1.82) is 0 Å². The van der Waals surface area contributed by atoms with E-state index in [2.05, 4.69) is 0 Å². The molecule has 0 aliphatic carbocycles. The van der Waals surface area contributed by atoms with E-state index in [9.17, 15) is 18.8 Å². The van der Waals surface area contributed by atoms with Gasteiger partial charge in [0.15, 0.2) is 5.78 Å². The van der Waals surface area contributed by atoms with Gasteiger partial charge in [-0.15, -0.1) is 0 Å².